The number of hydrogen-bond donors (Lipinski definition) is 1. The molecule has 0 aliphatic carbocycles. The highest BCUT2D eigenvalue weighted by Crippen LogP contribution is 2.21. The van der Waals surface area contributed by atoms with Gasteiger partial charge in [-0.1, -0.05) is 0 Å². The number of likely N-dealkylation sites (tertiary alicyclic amines) is 2. The second-order valence-electron chi connectivity index (χ2n) is 6.67. The molecule has 1 unspecified atom stereocenters. The summed E-state index contributed by atoms with van der Waals surface area (Å²) in [5.41, 5.74) is 0. The molecular weight excluding hydrogens is 335 g/mol. The van der Waals surface area contributed by atoms with Crippen LogP contribution in [0.15, 0.2) is 34.2 Å². The van der Waals surface area contributed by atoms with Crippen LogP contribution in [-0.4, -0.2) is 66.8 Å². The fourth-order valence-corrected chi connectivity index (χ4v) is 4.36. The van der Waals surface area contributed by atoms with Crippen LogP contribution in [0.4, 0.5) is 4.39 Å². The Kier molecular flexibility index (Phi) is 6.99. The summed E-state index contributed by atoms with van der Waals surface area (Å²) >= 11 is 1.72. The Balaban J connectivity index is 1.48. The molecule has 1 aromatic rings. The van der Waals surface area contributed by atoms with Gasteiger partial charge in [0, 0.05) is 36.3 Å². The van der Waals surface area contributed by atoms with Gasteiger partial charge in [0.2, 0.25) is 0 Å². The third-order valence-electron chi connectivity index (χ3n) is 4.89. The third kappa shape index (κ3) is 5.35. The van der Waals surface area contributed by atoms with Crippen LogP contribution in [-0.2, 0) is 0 Å². The summed E-state index contributed by atoms with van der Waals surface area (Å²) < 4.78 is 12.9. The molecule has 0 spiro atoms. The molecule has 1 N–H and O–H groups in total. The first-order valence-electron chi connectivity index (χ1n) is 9.42. The Hall–Kier alpha value is -1.27. The lowest BCUT2D eigenvalue weighted by Gasteiger charge is -2.25. The van der Waals surface area contributed by atoms with Gasteiger partial charge in [0.25, 0.3) is 0 Å². The van der Waals surface area contributed by atoms with Gasteiger partial charge in [-0.25, -0.2) is 4.39 Å². The zero-order valence-electron chi connectivity index (χ0n) is 15.1. The Morgan fingerprint density at radius 1 is 1.24 bits per heavy atom. The second-order valence-corrected chi connectivity index (χ2v) is 7.84. The van der Waals surface area contributed by atoms with Gasteiger partial charge >= 0.3 is 0 Å². The highest BCUT2D eigenvalue weighted by atomic mass is 32.2. The number of benzene rings is 1. The summed E-state index contributed by atoms with van der Waals surface area (Å²) in [4.78, 5) is 11.0. The fourth-order valence-electron chi connectivity index (χ4n) is 3.61. The number of aliphatic imine (C=N–C) groups is 1. The Morgan fingerprint density at radius 3 is 2.72 bits per heavy atom. The van der Waals surface area contributed by atoms with E-state index in [1.807, 2.05) is 12.1 Å². The molecule has 2 heterocycles. The summed E-state index contributed by atoms with van der Waals surface area (Å²) in [5, 5.41) is 3.44. The molecule has 0 saturated carbocycles. The third-order valence-corrected chi connectivity index (χ3v) is 5.88. The monoisotopic (exact) mass is 364 g/mol. The molecule has 4 nitrogen and oxygen atoms in total. The average molecular weight is 365 g/mol. The predicted octanol–water partition coefficient (Wildman–Crippen LogP) is 3.05. The maximum atomic E-state index is 12.9. The van der Waals surface area contributed by atoms with E-state index in [1.54, 1.807) is 11.8 Å². The minimum absolute atomic E-state index is 0.182. The zero-order chi connectivity index (χ0) is 17.5. The first-order chi connectivity index (χ1) is 12.3. The van der Waals surface area contributed by atoms with Crippen molar-refractivity contribution in [2.24, 2.45) is 4.99 Å². The minimum Gasteiger partial charge on any atom is -0.357 e. The number of halogens is 1. The molecule has 6 heteroatoms. The fraction of sp³-hybridized carbons (Fsp3) is 0.632. The van der Waals surface area contributed by atoms with Gasteiger partial charge in [-0.2, -0.15) is 0 Å². The lowest BCUT2D eigenvalue weighted by Crippen LogP contribution is -2.42. The molecule has 138 valence electrons. The summed E-state index contributed by atoms with van der Waals surface area (Å²) in [5.74, 6) is 1.77. The van der Waals surface area contributed by atoms with E-state index in [-0.39, 0.29) is 5.82 Å². The molecule has 2 fully saturated rings. The smallest absolute Gasteiger partial charge is 0.193 e. The van der Waals surface area contributed by atoms with Crippen molar-refractivity contribution in [2.45, 2.75) is 37.1 Å². The van der Waals surface area contributed by atoms with Gasteiger partial charge < -0.3 is 10.2 Å². The minimum atomic E-state index is -0.182. The van der Waals surface area contributed by atoms with E-state index in [9.17, 15) is 4.39 Å². The molecule has 1 atom stereocenters. The SMILES string of the molecule is CCNC(=NCCSc1ccc(F)cc1)N1CCC(N2CCCC2)C1. The standard InChI is InChI=1S/C19H29FN4S/c1-2-21-19(22-10-14-25-18-7-5-16(20)6-8-18)24-13-9-17(15-24)23-11-3-4-12-23/h5-8,17H,2-4,9-15H2,1H3,(H,21,22). The van der Waals surface area contributed by atoms with E-state index in [2.05, 4.69) is 22.0 Å². The molecular formula is C19H29FN4S. The Bertz CT molecular complexity index is 557. The summed E-state index contributed by atoms with van der Waals surface area (Å²) in [6.45, 7) is 8.51. The predicted molar refractivity (Wildman–Crippen MR) is 104 cm³/mol. The molecule has 0 amide bonds. The van der Waals surface area contributed by atoms with Crippen LogP contribution in [0, 0.1) is 5.82 Å². The van der Waals surface area contributed by atoms with Crippen LogP contribution >= 0.6 is 11.8 Å². The molecule has 1 aromatic carbocycles. The van der Waals surface area contributed by atoms with E-state index in [1.165, 1.54) is 44.5 Å². The molecule has 2 saturated heterocycles. The van der Waals surface area contributed by atoms with Crippen LogP contribution in [0.5, 0.6) is 0 Å². The van der Waals surface area contributed by atoms with E-state index >= 15 is 0 Å². The van der Waals surface area contributed by atoms with Gasteiger partial charge in [-0.05, 0) is 63.5 Å². The topological polar surface area (TPSA) is 30.9 Å². The van der Waals surface area contributed by atoms with Gasteiger partial charge in [-0.15, -0.1) is 11.8 Å². The first-order valence-corrected chi connectivity index (χ1v) is 10.4. The maximum Gasteiger partial charge on any atom is 0.193 e. The lowest BCUT2D eigenvalue weighted by atomic mass is 10.2. The maximum absolute atomic E-state index is 12.9. The van der Waals surface area contributed by atoms with E-state index in [0.29, 0.717) is 6.04 Å². The summed E-state index contributed by atoms with van der Waals surface area (Å²) in [6.07, 6.45) is 3.95. The van der Waals surface area contributed by atoms with Crippen molar-refractivity contribution in [3.63, 3.8) is 0 Å². The van der Waals surface area contributed by atoms with Crippen molar-refractivity contribution in [2.75, 3.05) is 45.0 Å². The van der Waals surface area contributed by atoms with Crippen LogP contribution in [0.1, 0.15) is 26.2 Å². The van der Waals surface area contributed by atoms with Crippen LogP contribution in [0.25, 0.3) is 0 Å². The normalized spacial score (nSPS) is 21.9. The van der Waals surface area contributed by atoms with Crippen molar-refractivity contribution in [1.82, 2.24) is 15.1 Å². The molecule has 0 radical (unpaired) electrons. The number of thioether (sulfide) groups is 1. The number of guanidine groups is 1. The van der Waals surface area contributed by atoms with Crippen LogP contribution in [0.2, 0.25) is 0 Å². The number of nitrogens with one attached hydrogen (secondary N) is 1. The van der Waals surface area contributed by atoms with Gasteiger partial charge in [0.15, 0.2) is 5.96 Å². The van der Waals surface area contributed by atoms with Gasteiger partial charge in [-0.3, -0.25) is 9.89 Å². The van der Waals surface area contributed by atoms with E-state index in [4.69, 9.17) is 4.99 Å². The van der Waals surface area contributed by atoms with E-state index in [0.717, 1.165) is 42.8 Å². The van der Waals surface area contributed by atoms with Crippen molar-refractivity contribution in [1.29, 1.82) is 0 Å². The van der Waals surface area contributed by atoms with E-state index < -0.39 is 0 Å². The van der Waals surface area contributed by atoms with Crippen molar-refractivity contribution < 1.29 is 4.39 Å². The molecule has 3 rings (SSSR count). The summed E-state index contributed by atoms with van der Waals surface area (Å²) in [7, 11) is 0. The highest BCUT2D eigenvalue weighted by Gasteiger charge is 2.30. The van der Waals surface area contributed by atoms with Crippen LogP contribution in [0.3, 0.4) is 0 Å². The molecule has 2 aliphatic heterocycles. The number of rotatable bonds is 6. The second kappa shape index (κ2) is 9.43. The van der Waals surface area contributed by atoms with Crippen molar-refractivity contribution in [3.05, 3.63) is 30.1 Å². The lowest BCUT2D eigenvalue weighted by molar-refractivity contribution is 0.249. The van der Waals surface area contributed by atoms with Gasteiger partial charge in [0.1, 0.15) is 5.82 Å². The molecule has 0 aromatic heterocycles. The van der Waals surface area contributed by atoms with Gasteiger partial charge in [0.05, 0.1) is 6.54 Å². The quantitative estimate of drug-likeness (QED) is 0.364. The average Bonchev–Trinajstić information content (AvgIpc) is 3.30. The van der Waals surface area contributed by atoms with Crippen molar-refractivity contribution in [3.8, 4) is 0 Å². The highest BCUT2D eigenvalue weighted by molar-refractivity contribution is 7.99. The zero-order valence-corrected chi connectivity index (χ0v) is 15.9. The van der Waals surface area contributed by atoms with Crippen molar-refractivity contribution >= 4 is 17.7 Å². The summed E-state index contributed by atoms with van der Waals surface area (Å²) in [6, 6.07) is 7.38. The molecule has 0 bridgehead atoms. The molecule has 2 aliphatic rings. The van der Waals surface area contributed by atoms with Crippen LogP contribution < -0.4 is 5.32 Å². The molecule has 25 heavy (non-hydrogen) atoms. The Labute approximate surface area is 154 Å². The Morgan fingerprint density at radius 2 is 2.00 bits per heavy atom. The first kappa shape index (κ1) is 18.5. The number of nitrogens with zero attached hydrogens (tertiary/aromatic N) is 3. The number of hydrogen-bond acceptors (Lipinski definition) is 3. The largest absolute Gasteiger partial charge is 0.357 e.